The predicted octanol–water partition coefficient (Wildman–Crippen LogP) is 1.25. The molecule has 2 N–H and O–H groups in total. The highest BCUT2D eigenvalue weighted by Gasteiger charge is 2.20. The average molecular weight is 279 g/mol. The van der Waals surface area contributed by atoms with E-state index in [1.54, 1.807) is 0 Å². The summed E-state index contributed by atoms with van der Waals surface area (Å²) < 4.78 is 1.82. The van der Waals surface area contributed by atoms with Gasteiger partial charge in [-0.15, -0.1) is 0 Å². The molecule has 0 bridgehead atoms. The second-order valence-corrected chi connectivity index (χ2v) is 5.93. The van der Waals surface area contributed by atoms with Gasteiger partial charge in [0.15, 0.2) is 0 Å². The largest absolute Gasteiger partial charge is 0.393 e. The molecule has 0 saturated heterocycles. The van der Waals surface area contributed by atoms with Crippen LogP contribution in [0.25, 0.3) is 0 Å². The highest BCUT2D eigenvalue weighted by atomic mass is 16.3. The molecule has 1 heterocycles. The van der Waals surface area contributed by atoms with E-state index >= 15 is 0 Å². The number of rotatable bonds is 4. The van der Waals surface area contributed by atoms with Gasteiger partial charge in [-0.2, -0.15) is 5.10 Å². The van der Waals surface area contributed by atoms with Gasteiger partial charge in [0, 0.05) is 24.8 Å². The van der Waals surface area contributed by atoms with Crippen LogP contribution in [0.3, 0.4) is 0 Å². The van der Waals surface area contributed by atoms with Crippen LogP contribution in [0.4, 0.5) is 0 Å². The fraction of sp³-hybridized carbons (Fsp3) is 0.733. The number of carbonyl (C=O) groups is 1. The van der Waals surface area contributed by atoms with Crippen molar-refractivity contribution < 1.29 is 9.90 Å². The fourth-order valence-corrected chi connectivity index (χ4v) is 2.90. The van der Waals surface area contributed by atoms with E-state index in [1.807, 2.05) is 25.6 Å². The molecule has 1 amide bonds. The Morgan fingerprint density at radius 2 is 2.00 bits per heavy atom. The van der Waals surface area contributed by atoms with Crippen LogP contribution in [-0.2, 0) is 18.3 Å². The zero-order valence-corrected chi connectivity index (χ0v) is 12.6. The minimum absolute atomic E-state index is 0.0651. The quantitative estimate of drug-likeness (QED) is 0.871. The first-order chi connectivity index (χ1) is 9.47. The van der Waals surface area contributed by atoms with Crippen LogP contribution in [0.5, 0.6) is 0 Å². The number of aliphatic hydroxyl groups excluding tert-OH is 1. The number of aliphatic hydroxyl groups is 1. The Hall–Kier alpha value is -1.36. The molecule has 112 valence electrons. The van der Waals surface area contributed by atoms with Crippen LogP contribution in [-0.4, -0.2) is 33.4 Å². The molecule has 1 fully saturated rings. The second kappa shape index (κ2) is 6.39. The van der Waals surface area contributed by atoms with Gasteiger partial charge in [0.1, 0.15) is 0 Å². The van der Waals surface area contributed by atoms with E-state index in [2.05, 4.69) is 10.4 Å². The predicted molar refractivity (Wildman–Crippen MR) is 77.4 cm³/mol. The van der Waals surface area contributed by atoms with Crippen LogP contribution in [0.1, 0.15) is 42.6 Å². The van der Waals surface area contributed by atoms with Gasteiger partial charge in [-0.25, -0.2) is 0 Å². The van der Waals surface area contributed by atoms with Crippen LogP contribution in [0.2, 0.25) is 0 Å². The van der Waals surface area contributed by atoms with Crippen LogP contribution in [0, 0.1) is 19.8 Å². The number of nitrogens with one attached hydrogen (secondary N) is 1. The molecule has 0 unspecified atom stereocenters. The third-order valence-electron chi connectivity index (χ3n) is 4.40. The van der Waals surface area contributed by atoms with Gasteiger partial charge in [0.05, 0.1) is 18.2 Å². The van der Waals surface area contributed by atoms with Crippen molar-refractivity contribution in [2.75, 3.05) is 6.54 Å². The first-order valence-corrected chi connectivity index (χ1v) is 7.41. The number of aromatic nitrogens is 2. The summed E-state index contributed by atoms with van der Waals surface area (Å²) in [5, 5.41) is 16.8. The van der Waals surface area contributed by atoms with Crippen molar-refractivity contribution in [3.05, 3.63) is 17.0 Å². The Bertz CT molecular complexity index is 474. The van der Waals surface area contributed by atoms with Crippen molar-refractivity contribution in [1.82, 2.24) is 15.1 Å². The van der Waals surface area contributed by atoms with Crippen LogP contribution >= 0.6 is 0 Å². The molecular weight excluding hydrogens is 254 g/mol. The summed E-state index contributed by atoms with van der Waals surface area (Å²) in [6.45, 7) is 4.66. The van der Waals surface area contributed by atoms with Gasteiger partial charge in [-0.1, -0.05) is 0 Å². The third-order valence-corrected chi connectivity index (χ3v) is 4.40. The standard InChI is InChI=1S/C15H25N3O2/c1-10-14(11(2)18(3)17-10)8-15(20)16-9-12-4-6-13(19)7-5-12/h12-13,19H,4-9H2,1-3H3,(H,16,20). The number of hydrogen-bond donors (Lipinski definition) is 2. The SMILES string of the molecule is Cc1nn(C)c(C)c1CC(=O)NCC1CCC(O)CC1. The monoisotopic (exact) mass is 279 g/mol. The van der Waals surface area contributed by atoms with Gasteiger partial charge in [-0.3, -0.25) is 9.48 Å². The minimum atomic E-state index is -0.136. The van der Waals surface area contributed by atoms with E-state index in [9.17, 15) is 9.90 Å². The summed E-state index contributed by atoms with van der Waals surface area (Å²) in [4.78, 5) is 12.0. The highest BCUT2D eigenvalue weighted by molar-refractivity contribution is 5.79. The van der Waals surface area contributed by atoms with E-state index in [-0.39, 0.29) is 12.0 Å². The topological polar surface area (TPSA) is 67.2 Å². The first kappa shape index (κ1) is 15.0. The molecule has 0 radical (unpaired) electrons. The summed E-state index contributed by atoms with van der Waals surface area (Å²) in [5.74, 6) is 0.578. The van der Waals surface area contributed by atoms with Crippen LogP contribution < -0.4 is 5.32 Å². The molecule has 1 aliphatic carbocycles. The lowest BCUT2D eigenvalue weighted by Crippen LogP contribution is -2.33. The van der Waals surface area contributed by atoms with Crippen LogP contribution in [0.15, 0.2) is 0 Å². The molecule has 5 nitrogen and oxygen atoms in total. The Labute approximate surface area is 120 Å². The van der Waals surface area contributed by atoms with Crippen molar-refractivity contribution in [3.63, 3.8) is 0 Å². The molecule has 1 aromatic heterocycles. The molecule has 0 atom stereocenters. The average Bonchev–Trinajstić information content (AvgIpc) is 2.65. The Morgan fingerprint density at radius 3 is 2.55 bits per heavy atom. The Balaban J connectivity index is 1.81. The summed E-state index contributed by atoms with van der Waals surface area (Å²) in [6, 6.07) is 0. The highest BCUT2D eigenvalue weighted by Crippen LogP contribution is 2.23. The van der Waals surface area contributed by atoms with Crippen molar-refractivity contribution in [1.29, 1.82) is 0 Å². The summed E-state index contributed by atoms with van der Waals surface area (Å²) in [6.07, 6.45) is 4.00. The van der Waals surface area contributed by atoms with Gasteiger partial charge in [0.2, 0.25) is 5.91 Å². The van der Waals surface area contributed by atoms with Gasteiger partial charge in [0.25, 0.3) is 0 Å². The number of aryl methyl sites for hydroxylation is 2. The summed E-state index contributed by atoms with van der Waals surface area (Å²) >= 11 is 0. The lowest BCUT2D eigenvalue weighted by atomic mass is 9.87. The van der Waals surface area contributed by atoms with E-state index in [1.165, 1.54) is 0 Å². The van der Waals surface area contributed by atoms with Crippen molar-refractivity contribution >= 4 is 5.91 Å². The molecule has 1 saturated carbocycles. The Morgan fingerprint density at radius 1 is 1.35 bits per heavy atom. The van der Waals surface area contributed by atoms with Crippen molar-refractivity contribution in [2.45, 2.75) is 52.1 Å². The van der Waals surface area contributed by atoms with Gasteiger partial charge >= 0.3 is 0 Å². The van der Waals surface area contributed by atoms with Crippen molar-refractivity contribution in [2.24, 2.45) is 13.0 Å². The first-order valence-electron chi connectivity index (χ1n) is 7.41. The molecule has 20 heavy (non-hydrogen) atoms. The summed E-state index contributed by atoms with van der Waals surface area (Å²) in [7, 11) is 1.90. The minimum Gasteiger partial charge on any atom is -0.393 e. The maximum atomic E-state index is 12.0. The maximum absolute atomic E-state index is 12.0. The molecule has 0 spiro atoms. The Kier molecular flexibility index (Phi) is 4.81. The van der Waals surface area contributed by atoms with E-state index in [4.69, 9.17) is 0 Å². The zero-order valence-electron chi connectivity index (χ0n) is 12.6. The zero-order chi connectivity index (χ0) is 14.7. The maximum Gasteiger partial charge on any atom is 0.224 e. The fourth-order valence-electron chi connectivity index (χ4n) is 2.90. The summed E-state index contributed by atoms with van der Waals surface area (Å²) in [5.41, 5.74) is 3.02. The molecule has 5 heteroatoms. The number of nitrogens with zero attached hydrogens (tertiary/aromatic N) is 2. The second-order valence-electron chi connectivity index (χ2n) is 5.93. The molecular formula is C15H25N3O2. The number of amides is 1. The number of carbonyl (C=O) groups excluding carboxylic acids is 1. The van der Waals surface area contributed by atoms with Gasteiger partial charge in [-0.05, 0) is 45.4 Å². The molecule has 0 aromatic carbocycles. The van der Waals surface area contributed by atoms with E-state index in [0.29, 0.717) is 12.3 Å². The van der Waals surface area contributed by atoms with Crippen molar-refractivity contribution in [3.8, 4) is 0 Å². The normalized spacial score (nSPS) is 22.8. The number of hydrogen-bond acceptors (Lipinski definition) is 3. The lowest BCUT2D eigenvalue weighted by molar-refractivity contribution is -0.120. The molecule has 2 rings (SSSR count). The molecule has 0 aliphatic heterocycles. The molecule has 1 aliphatic rings. The van der Waals surface area contributed by atoms with E-state index in [0.717, 1.165) is 49.2 Å². The lowest BCUT2D eigenvalue weighted by Gasteiger charge is -2.25. The van der Waals surface area contributed by atoms with Gasteiger partial charge < -0.3 is 10.4 Å². The smallest absolute Gasteiger partial charge is 0.224 e. The third kappa shape index (κ3) is 3.60. The molecule has 1 aromatic rings. The van der Waals surface area contributed by atoms with E-state index < -0.39 is 0 Å².